The summed E-state index contributed by atoms with van der Waals surface area (Å²) in [5.41, 5.74) is 0.335. The van der Waals surface area contributed by atoms with Gasteiger partial charge in [-0.25, -0.2) is 9.59 Å². The summed E-state index contributed by atoms with van der Waals surface area (Å²) in [6, 6.07) is 4.17. The van der Waals surface area contributed by atoms with E-state index in [1.807, 2.05) is 0 Å². The minimum absolute atomic E-state index is 0. The highest BCUT2D eigenvalue weighted by molar-refractivity contribution is 5.96. The van der Waals surface area contributed by atoms with Crippen molar-refractivity contribution in [2.45, 2.75) is 45.4 Å². The lowest BCUT2D eigenvalue weighted by Gasteiger charge is -2.49. The topological polar surface area (TPSA) is 110 Å². The Morgan fingerprint density at radius 1 is 0.792 bits per heavy atom. The van der Waals surface area contributed by atoms with Gasteiger partial charge in [0.05, 0.1) is 11.1 Å². The molecule has 1 aromatic carbocycles. The smallest absolute Gasteiger partial charge is 0.335 e. The molecule has 0 spiro atoms. The standard InChI is InChI=1S/C10H16.C9H8O4.H3N/c1-7-2-9-4-8(1)5-10(3-7)6-9;1-5-6(8(10)11)3-2-4-7(5)9(12)13;/h7-10H,1-6H2;2-4H,1H3,(H,10,11)(H,12,13);1H3. The Hall–Kier alpha value is -1.88. The molecule has 4 fully saturated rings. The third kappa shape index (κ3) is 3.78. The predicted octanol–water partition coefficient (Wildman–Crippen LogP) is 4.39. The second kappa shape index (κ2) is 7.34. The molecule has 1 aromatic rings. The molecule has 132 valence electrons. The number of benzene rings is 1. The Morgan fingerprint density at radius 3 is 1.33 bits per heavy atom. The van der Waals surface area contributed by atoms with Crippen LogP contribution in [-0.4, -0.2) is 22.2 Å². The zero-order valence-electron chi connectivity index (χ0n) is 14.2. The summed E-state index contributed by atoms with van der Waals surface area (Å²) in [7, 11) is 0. The second-order valence-corrected chi connectivity index (χ2v) is 7.47. The third-order valence-corrected chi connectivity index (χ3v) is 5.79. The number of carboxylic acid groups (broad SMARTS) is 2. The monoisotopic (exact) mass is 333 g/mol. The number of hydrogen-bond acceptors (Lipinski definition) is 3. The van der Waals surface area contributed by atoms with Crippen molar-refractivity contribution >= 4 is 11.9 Å². The summed E-state index contributed by atoms with van der Waals surface area (Å²) in [4.78, 5) is 21.2. The molecule has 4 saturated carbocycles. The lowest BCUT2D eigenvalue weighted by molar-refractivity contribution is 0.0198. The molecule has 0 aliphatic heterocycles. The molecule has 4 aliphatic carbocycles. The van der Waals surface area contributed by atoms with Crippen LogP contribution in [0.2, 0.25) is 0 Å². The first-order valence-electron chi connectivity index (χ1n) is 8.50. The van der Waals surface area contributed by atoms with Gasteiger partial charge in [0, 0.05) is 0 Å². The zero-order valence-corrected chi connectivity index (χ0v) is 14.2. The van der Waals surface area contributed by atoms with E-state index in [0.717, 1.165) is 0 Å². The number of aromatic carboxylic acids is 2. The molecule has 5 N–H and O–H groups in total. The number of carboxylic acids is 2. The normalized spacial score (nSPS) is 29.2. The quantitative estimate of drug-likeness (QED) is 0.743. The van der Waals surface area contributed by atoms with Crippen LogP contribution in [0.3, 0.4) is 0 Å². The van der Waals surface area contributed by atoms with E-state index in [9.17, 15) is 9.59 Å². The van der Waals surface area contributed by atoms with Gasteiger partial charge in [-0.05, 0) is 86.8 Å². The molecule has 0 aromatic heterocycles. The van der Waals surface area contributed by atoms with Gasteiger partial charge in [0.15, 0.2) is 0 Å². The highest BCUT2D eigenvalue weighted by Gasteiger charge is 2.41. The van der Waals surface area contributed by atoms with E-state index in [1.165, 1.54) is 48.8 Å². The molecule has 0 heterocycles. The summed E-state index contributed by atoms with van der Waals surface area (Å²) in [5, 5.41) is 17.4. The summed E-state index contributed by atoms with van der Waals surface area (Å²) >= 11 is 0. The molecular formula is C19H27NO4. The summed E-state index contributed by atoms with van der Waals surface area (Å²) in [5.74, 6) is 2.49. The Bertz CT molecular complexity index is 537. The van der Waals surface area contributed by atoms with Crippen LogP contribution in [0.4, 0.5) is 0 Å². The van der Waals surface area contributed by atoms with Crippen LogP contribution >= 0.6 is 0 Å². The molecule has 0 atom stereocenters. The van der Waals surface area contributed by atoms with E-state index in [0.29, 0.717) is 0 Å². The maximum atomic E-state index is 10.6. The Balaban J connectivity index is 0.000000170. The van der Waals surface area contributed by atoms with Crippen LogP contribution in [-0.2, 0) is 0 Å². The second-order valence-electron chi connectivity index (χ2n) is 7.47. The van der Waals surface area contributed by atoms with Crippen molar-refractivity contribution < 1.29 is 19.8 Å². The largest absolute Gasteiger partial charge is 0.478 e. The fraction of sp³-hybridized carbons (Fsp3) is 0.579. The van der Waals surface area contributed by atoms with Crippen molar-refractivity contribution in [2.75, 3.05) is 0 Å². The molecule has 5 rings (SSSR count). The Labute approximate surface area is 142 Å². The van der Waals surface area contributed by atoms with E-state index in [1.54, 1.807) is 38.5 Å². The highest BCUT2D eigenvalue weighted by atomic mass is 16.4. The van der Waals surface area contributed by atoms with Gasteiger partial charge < -0.3 is 16.4 Å². The number of carbonyl (C=O) groups is 2. The molecular weight excluding hydrogens is 306 g/mol. The SMILES string of the molecule is C1C2CC3CC1CC(C2)C3.Cc1c(C(=O)O)cccc1C(=O)O.N. The van der Waals surface area contributed by atoms with Gasteiger partial charge in [0.25, 0.3) is 0 Å². The Morgan fingerprint density at radius 2 is 1.08 bits per heavy atom. The van der Waals surface area contributed by atoms with Crippen molar-refractivity contribution in [3.05, 3.63) is 34.9 Å². The lowest BCUT2D eigenvalue weighted by atomic mass is 9.56. The molecule has 24 heavy (non-hydrogen) atoms. The Kier molecular flexibility index (Phi) is 5.65. The van der Waals surface area contributed by atoms with Crippen molar-refractivity contribution in [1.82, 2.24) is 6.15 Å². The lowest BCUT2D eigenvalue weighted by Crippen LogP contribution is -2.38. The van der Waals surface area contributed by atoms with Crippen molar-refractivity contribution in [3.63, 3.8) is 0 Å². The number of rotatable bonds is 2. The van der Waals surface area contributed by atoms with Gasteiger partial charge in [0.2, 0.25) is 0 Å². The zero-order chi connectivity index (χ0) is 16.6. The summed E-state index contributed by atoms with van der Waals surface area (Å²) < 4.78 is 0. The molecule has 0 saturated heterocycles. The molecule has 0 amide bonds. The van der Waals surface area contributed by atoms with Crippen LogP contribution in [0, 0.1) is 30.6 Å². The predicted molar refractivity (Wildman–Crippen MR) is 91.8 cm³/mol. The van der Waals surface area contributed by atoms with Gasteiger partial charge in [-0.1, -0.05) is 6.07 Å². The van der Waals surface area contributed by atoms with Crippen LogP contribution in [0.1, 0.15) is 64.8 Å². The average Bonchev–Trinajstić information content (AvgIpc) is 2.46. The summed E-state index contributed by atoms with van der Waals surface area (Å²) in [6.45, 7) is 1.48. The summed E-state index contributed by atoms with van der Waals surface area (Å²) in [6.07, 6.45) is 9.62. The van der Waals surface area contributed by atoms with Crippen molar-refractivity contribution in [3.8, 4) is 0 Å². The molecule has 0 radical (unpaired) electrons. The average molecular weight is 333 g/mol. The third-order valence-electron chi connectivity index (χ3n) is 5.79. The molecule has 5 nitrogen and oxygen atoms in total. The minimum Gasteiger partial charge on any atom is -0.478 e. The van der Waals surface area contributed by atoms with Crippen molar-refractivity contribution in [1.29, 1.82) is 0 Å². The van der Waals surface area contributed by atoms with Gasteiger partial charge in [0.1, 0.15) is 0 Å². The molecule has 5 heteroatoms. The minimum atomic E-state index is -1.11. The maximum absolute atomic E-state index is 10.6. The molecule has 4 bridgehead atoms. The van der Waals surface area contributed by atoms with Crippen LogP contribution in [0.25, 0.3) is 0 Å². The van der Waals surface area contributed by atoms with E-state index >= 15 is 0 Å². The maximum Gasteiger partial charge on any atom is 0.335 e. The van der Waals surface area contributed by atoms with E-state index in [4.69, 9.17) is 10.2 Å². The fourth-order valence-electron chi connectivity index (χ4n) is 5.08. The molecule has 4 aliphatic rings. The highest BCUT2D eigenvalue weighted by Crippen LogP contribution is 2.53. The van der Waals surface area contributed by atoms with Gasteiger partial charge >= 0.3 is 11.9 Å². The van der Waals surface area contributed by atoms with Crippen LogP contribution in [0.15, 0.2) is 18.2 Å². The van der Waals surface area contributed by atoms with E-state index in [-0.39, 0.29) is 22.8 Å². The first kappa shape index (κ1) is 18.5. The first-order chi connectivity index (χ1) is 10.9. The fourth-order valence-corrected chi connectivity index (χ4v) is 5.08. The number of hydrogen-bond donors (Lipinski definition) is 3. The van der Waals surface area contributed by atoms with Crippen molar-refractivity contribution in [2.24, 2.45) is 23.7 Å². The van der Waals surface area contributed by atoms with Gasteiger partial charge in [-0.2, -0.15) is 0 Å². The van der Waals surface area contributed by atoms with Crippen LogP contribution < -0.4 is 6.15 Å². The first-order valence-corrected chi connectivity index (χ1v) is 8.50. The molecule has 0 unspecified atom stereocenters. The van der Waals surface area contributed by atoms with Gasteiger partial charge in [-0.3, -0.25) is 0 Å². The van der Waals surface area contributed by atoms with E-state index in [2.05, 4.69) is 0 Å². The van der Waals surface area contributed by atoms with Gasteiger partial charge in [-0.15, -0.1) is 0 Å². The van der Waals surface area contributed by atoms with E-state index < -0.39 is 11.9 Å². The van der Waals surface area contributed by atoms with Crippen LogP contribution in [0.5, 0.6) is 0 Å².